The Kier molecular flexibility index (Phi) is 2.98. The first-order valence-electron chi connectivity index (χ1n) is 3.58. The normalized spacial score (nSPS) is 11.8. The summed E-state index contributed by atoms with van der Waals surface area (Å²) >= 11 is 2.95. The predicted octanol–water partition coefficient (Wildman–Crippen LogP) is 2.32. The number of carbonyl (C=O) groups excluding carboxylic acids is 1. The smallest absolute Gasteiger partial charge is 0.292 e. The molecular weight excluding hydrogens is 265 g/mol. The minimum absolute atomic E-state index is 0.0673. The predicted molar refractivity (Wildman–Crippen MR) is 45.9 cm³/mol. The van der Waals surface area contributed by atoms with Gasteiger partial charge in [-0.2, -0.15) is 18.3 Å². The zero-order chi connectivity index (χ0) is 10.9. The quantitative estimate of drug-likeness (QED) is 0.774. The fourth-order valence-electron chi connectivity index (χ4n) is 0.990. The fraction of sp³-hybridized carbons (Fsp3) is 0.429. The van der Waals surface area contributed by atoms with Gasteiger partial charge in [-0.3, -0.25) is 9.48 Å². The molecule has 0 atom stereocenters. The third-order valence-electron chi connectivity index (χ3n) is 1.52. The van der Waals surface area contributed by atoms with Crippen molar-refractivity contribution in [3.63, 3.8) is 0 Å². The summed E-state index contributed by atoms with van der Waals surface area (Å²) in [6, 6.07) is 0. The Morgan fingerprint density at radius 2 is 2.21 bits per heavy atom. The molecule has 0 aliphatic carbocycles. The lowest BCUT2D eigenvalue weighted by molar-refractivity contribution is -0.125. The zero-order valence-corrected chi connectivity index (χ0v) is 8.68. The van der Waals surface area contributed by atoms with Crippen LogP contribution in [0.5, 0.6) is 0 Å². The number of alkyl halides is 3. The SMILES string of the molecule is Cn1ncc(Br)c1C(=O)CC(F)(F)F. The molecule has 0 unspecified atom stereocenters. The molecule has 1 heterocycles. The zero-order valence-electron chi connectivity index (χ0n) is 7.10. The van der Waals surface area contributed by atoms with Crippen LogP contribution in [0, 0.1) is 0 Å². The second-order valence-corrected chi connectivity index (χ2v) is 3.53. The van der Waals surface area contributed by atoms with E-state index < -0.39 is 18.4 Å². The average Bonchev–Trinajstić information content (AvgIpc) is 2.27. The molecule has 0 fully saturated rings. The number of carbonyl (C=O) groups is 1. The second kappa shape index (κ2) is 3.72. The highest BCUT2D eigenvalue weighted by molar-refractivity contribution is 9.10. The second-order valence-electron chi connectivity index (χ2n) is 2.68. The minimum Gasteiger partial charge on any atom is -0.292 e. The maximum Gasteiger partial charge on any atom is 0.396 e. The molecule has 0 aromatic carbocycles. The van der Waals surface area contributed by atoms with Gasteiger partial charge in [0.15, 0.2) is 5.78 Å². The van der Waals surface area contributed by atoms with E-state index in [1.54, 1.807) is 0 Å². The summed E-state index contributed by atoms with van der Waals surface area (Å²) in [5.41, 5.74) is -0.0673. The lowest BCUT2D eigenvalue weighted by Gasteiger charge is -2.05. The summed E-state index contributed by atoms with van der Waals surface area (Å²) < 4.78 is 37.1. The first-order valence-corrected chi connectivity index (χ1v) is 4.38. The topological polar surface area (TPSA) is 34.9 Å². The van der Waals surface area contributed by atoms with E-state index in [2.05, 4.69) is 21.0 Å². The molecule has 0 aliphatic rings. The standard InChI is InChI=1S/C7H6BrF3N2O/c1-13-6(4(8)3-12-13)5(14)2-7(9,10)11/h3H,2H2,1H3. The van der Waals surface area contributed by atoms with Crippen LogP contribution in [0.3, 0.4) is 0 Å². The average molecular weight is 271 g/mol. The fourth-order valence-corrected chi connectivity index (χ4v) is 1.56. The first-order chi connectivity index (χ1) is 6.31. The number of halogens is 4. The molecule has 0 amide bonds. The van der Waals surface area contributed by atoms with Crippen LogP contribution < -0.4 is 0 Å². The van der Waals surface area contributed by atoms with E-state index >= 15 is 0 Å². The van der Waals surface area contributed by atoms with Crippen molar-refractivity contribution in [1.29, 1.82) is 0 Å². The van der Waals surface area contributed by atoms with Gasteiger partial charge in [-0.05, 0) is 15.9 Å². The maximum atomic E-state index is 11.9. The third-order valence-corrected chi connectivity index (χ3v) is 2.10. The van der Waals surface area contributed by atoms with Crippen molar-refractivity contribution in [3.8, 4) is 0 Å². The van der Waals surface area contributed by atoms with Crippen LogP contribution in [0.4, 0.5) is 13.2 Å². The summed E-state index contributed by atoms with van der Waals surface area (Å²) in [5.74, 6) is -0.996. The molecule has 1 aromatic heterocycles. The monoisotopic (exact) mass is 270 g/mol. The van der Waals surface area contributed by atoms with Gasteiger partial charge in [-0.15, -0.1) is 0 Å². The Hall–Kier alpha value is -0.850. The molecule has 1 aromatic rings. The molecule has 3 nitrogen and oxygen atoms in total. The van der Waals surface area contributed by atoms with E-state index in [0.29, 0.717) is 0 Å². The van der Waals surface area contributed by atoms with Gasteiger partial charge < -0.3 is 0 Å². The van der Waals surface area contributed by atoms with E-state index in [-0.39, 0.29) is 10.2 Å². The van der Waals surface area contributed by atoms with Crippen LogP contribution in [0.2, 0.25) is 0 Å². The van der Waals surface area contributed by atoms with Crippen molar-refractivity contribution in [2.75, 3.05) is 0 Å². The number of hydrogen-bond acceptors (Lipinski definition) is 2. The molecule has 7 heteroatoms. The minimum atomic E-state index is -4.49. The Morgan fingerprint density at radius 1 is 1.64 bits per heavy atom. The lowest BCUT2D eigenvalue weighted by atomic mass is 10.2. The van der Waals surface area contributed by atoms with Gasteiger partial charge in [0.1, 0.15) is 12.1 Å². The molecule has 78 valence electrons. The van der Waals surface area contributed by atoms with Crippen molar-refractivity contribution in [2.24, 2.45) is 7.05 Å². The summed E-state index contributed by atoms with van der Waals surface area (Å²) in [6.07, 6.45) is -4.67. The number of rotatable bonds is 2. The van der Waals surface area contributed by atoms with Crippen LogP contribution in [-0.2, 0) is 7.05 Å². The van der Waals surface area contributed by atoms with Gasteiger partial charge in [0.2, 0.25) is 0 Å². The molecule has 0 N–H and O–H groups in total. The molecule has 0 saturated heterocycles. The highest BCUT2D eigenvalue weighted by Gasteiger charge is 2.33. The Labute approximate surface area is 86.0 Å². The molecule has 0 spiro atoms. The summed E-state index contributed by atoms with van der Waals surface area (Å²) in [4.78, 5) is 11.2. The Morgan fingerprint density at radius 3 is 2.57 bits per heavy atom. The van der Waals surface area contributed by atoms with Gasteiger partial charge in [0.05, 0.1) is 10.7 Å². The van der Waals surface area contributed by atoms with Gasteiger partial charge in [-0.1, -0.05) is 0 Å². The van der Waals surface area contributed by atoms with Crippen molar-refractivity contribution in [1.82, 2.24) is 9.78 Å². The van der Waals surface area contributed by atoms with E-state index in [1.165, 1.54) is 13.2 Å². The molecule has 0 aliphatic heterocycles. The number of aromatic nitrogens is 2. The van der Waals surface area contributed by atoms with Crippen LogP contribution in [0.15, 0.2) is 10.7 Å². The van der Waals surface area contributed by atoms with E-state index in [0.717, 1.165) is 4.68 Å². The van der Waals surface area contributed by atoms with Gasteiger partial charge in [0.25, 0.3) is 0 Å². The van der Waals surface area contributed by atoms with Gasteiger partial charge in [0, 0.05) is 7.05 Å². The van der Waals surface area contributed by atoms with Crippen LogP contribution >= 0.6 is 15.9 Å². The third kappa shape index (κ3) is 2.57. The summed E-state index contributed by atoms with van der Waals surface area (Å²) in [5, 5.41) is 3.65. The summed E-state index contributed by atoms with van der Waals surface area (Å²) in [6.45, 7) is 0. The van der Waals surface area contributed by atoms with Crippen molar-refractivity contribution >= 4 is 21.7 Å². The molecule has 0 bridgehead atoms. The van der Waals surface area contributed by atoms with Crippen LogP contribution in [-0.4, -0.2) is 21.7 Å². The van der Waals surface area contributed by atoms with Crippen molar-refractivity contribution in [2.45, 2.75) is 12.6 Å². The van der Waals surface area contributed by atoms with E-state index in [4.69, 9.17) is 0 Å². The van der Waals surface area contributed by atoms with Gasteiger partial charge >= 0.3 is 6.18 Å². The number of ketones is 1. The Bertz CT molecular complexity index is 339. The van der Waals surface area contributed by atoms with Crippen LogP contribution in [0.25, 0.3) is 0 Å². The largest absolute Gasteiger partial charge is 0.396 e. The molecular formula is C7H6BrF3N2O. The highest BCUT2D eigenvalue weighted by Crippen LogP contribution is 2.24. The number of hydrogen-bond donors (Lipinski definition) is 0. The first kappa shape index (κ1) is 11.2. The molecule has 0 radical (unpaired) electrons. The number of nitrogens with zero attached hydrogens (tertiary/aromatic N) is 2. The molecule has 0 saturated carbocycles. The number of aryl methyl sites for hydroxylation is 1. The highest BCUT2D eigenvalue weighted by atomic mass is 79.9. The maximum absolute atomic E-state index is 11.9. The lowest BCUT2D eigenvalue weighted by Crippen LogP contribution is -2.17. The van der Waals surface area contributed by atoms with E-state index in [9.17, 15) is 18.0 Å². The van der Waals surface area contributed by atoms with Crippen molar-refractivity contribution < 1.29 is 18.0 Å². The number of Topliss-reactive ketones (excluding diaryl/α,β-unsaturated/α-hetero) is 1. The van der Waals surface area contributed by atoms with Gasteiger partial charge in [-0.25, -0.2) is 0 Å². The summed E-state index contributed by atoms with van der Waals surface area (Å²) in [7, 11) is 1.41. The Balaban J connectivity index is 2.90. The van der Waals surface area contributed by atoms with Crippen LogP contribution in [0.1, 0.15) is 16.9 Å². The molecule has 1 rings (SSSR count). The molecule has 14 heavy (non-hydrogen) atoms. The van der Waals surface area contributed by atoms with Crippen molar-refractivity contribution in [3.05, 3.63) is 16.4 Å². The van der Waals surface area contributed by atoms with E-state index in [1.807, 2.05) is 0 Å².